The van der Waals surface area contributed by atoms with Gasteiger partial charge in [-0.05, 0) is 36.6 Å². The molecule has 3 atom stereocenters. The van der Waals surface area contributed by atoms with Gasteiger partial charge in [0.25, 0.3) is 0 Å². The number of rotatable bonds is 12. The van der Waals surface area contributed by atoms with Gasteiger partial charge in [-0.3, -0.25) is 4.79 Å². The summed E-state index contributed by atoms with van der Waals surface area (Å²) in [6.45, 7) is 5.65. The van der Waals surface area contributed by atoms with E-state index in [1.807, 2.05) is 20.8 Å². The van der Waals surface area contributed by atoms with Crippen molar-refractivity contribution in [3.63, 3.8) is 0 Å². The lowest BCUT2D eigenvalue weighted by atomic mass is 9.96. The molecule has 0 fully saturated rings. The largest absolute Gasteiger partial charge is 0.481 e. The fourth-order valence-electron chi connectivity index (χ4n) is 3.73. The van der Waals surface area contributed by atoms with Gasteiger partial charge in [0, 0.05) is 23.8 Å². The minimum Gasteiger partial charge on any atom is -0.481 e. The van der Waals surface area contributed by atoms with E-state index >= 15 is 0 Å². The highest BCUT2D eigenvalue weighted by Gasteiger charge is 2.28. The van der Waals surface area contributed by atoms with E-state index in [4.69, 9.17) is 5.11 Å². The van der Waals surface area contributed by atoms with Gasteiger partial charge in [-0.15, -0.1) is 0 Å². The molecule has 1 aromatic heterocycles. The minimum absolute atomic E-state index is 0.146. The zero-order valence-corrected chi connectivity index (χ0v) is 21.2. The van der Waals surface area contributed by atoms with E-state index in [-0.39, 0.29) is 18.2 Å². The van der Waals surface area contributed by atoms with E-state index in [9.17, 15) is 27.8 Å². The second kappa shape index (κ2) is 12.3. The number of sulfone groups is 1. The first-order chi connectivity index (χ1) is 16.3. The Labute approximate surface area is 205 Å². The van der Waals surface area contributed by atoms with Gasteiger partial charge in [0.05, 0.1) is 30.0 Å². The molecule has 1 heterocycles. The molecule has 0 saturated carbocycles. The molecule has 10 heteroatoms. The highest BCUT2D eigenvalue weighted by atomic mass is 32.2. The van der Waals surface area contributed by atoms with Crippen molar-refractivity contribution in [1.82, 2.24) is 9.97 Å². The normalized spacial score (nSPS) is 14.9. The van der Waals surface area contributed by atoms with Crippen LogP contribution in [-0.2, 0) is 14.6 Å². The third kappa shape index (κ3) is 8.19. The molecule has 0 amide bonds. The van der Waals surface area contributed by atoms with Crippen molar-refractivity contribution < 1.29 is 32.9 Å². The predicted octanol–water partition coefficient (Wildman–Crippen LogP) is 3.89. The van der Waals surface area contributed by atoms with Gasteiger partial charge in [0.2, 0.25) is 0 Å². The van der Waals surface area contributed by atoms with Crippen LogP contribution in [0.25, 0.3) is 17.3 Å². The Morgan fingerprint density at radius 2 is 1.77 bits per heavy atom. The van der Waals surface area contributed by atoms with Gasteiger partial charge < -0.3 is 15.3 Å². The Kier molecular flexibility index (Phi) is 10.1. The van der Waals surface area contributed by atoms with Crippen LogP contribution in [0.2, 0.25) is 0 Å². The summed E-state index contributed by atoms with van der Waals surface area (Å²) >= 11 is 0. The van der Waals surface area contributed by atoms with E-state index in [1.165, 1.54) is 30.3 Å². The molecule has 2 rings (SSSR count). The van der Waals surface area contributed by atoms with Crippen molar-refractivity contribution in [2.75, 3.05) is 6.26 Å². The third-order valence-corrected chi connectivity index (χ3v) is 6.90. The summed E-state index contributed by atoms with van der Waals surface area (Å²) in [5.41, 5.74) is 2.00. The third-order valence-electron chi connectivity index (χ3n) is 5.42. The Hall–Kier alpha value is -2.69. The number of aliphatic hydroxyl groups excluding tert-OH is 2. The molecule has 8 nitrogen and oxygen atoms in total. The van der Waals surface area contributed by atoms with Crippen molar-refractivity contribution >= 4 is 21.9 Å². The quantitative estimate of drug-likeness (QED) is 0.393. The highest BCUT2D eigenvalue weighted by Crippen LogP contribution is 2.33. The van der Waals surface area contributed by atoms with Crippen molar-refractivity contribution in [2.24, 2.45) is 0 Å². The SMILES string of the molecule is CCCC(c1nc(-c2ccc(F)cc2)c(/C=C/C(O)CC(O)CC(=O)O)c(C(C)C)n1)S(C)(=O)=O. The number of benzene rings is 1. The number of carboxylic acid groups (broad SMARTS) is 1. The summed E-state index contributed by atoms with van der Waals surface area (Å²) in [7, 11) is -3.51. The summed E-state index contributed by atoms with van der Waals surface area (Å²) < 4.78 is 38.7. The van der Waals surface area contributed by atoms with Crippen LogP contribution in [0.1, 0.15) is 74.7 Å². The predicted molar refractivity (Wildman–Crippen MR) is 132 cm³/mol. The Morgan fingerprint density at radius 3 is 2.29 bits per heavy atom. The fraction of sp³-hybridized carbons (Fsp3) is 0.480. The van der Waals surface area contributed by atoms with E-state index in [1.54, 1.807) is 6.08 Å². The lowest BCUT2D eigenvalue weighted by molar-refractivity contribution is -0.139. The Bertz CT molecular complexity index is 1150. The van der Waals surface area contributed by atoms with Crippen LogP contribution in [-0.4, -0.2) is 58.1 Å². The molecule has 0 aliphatic heterocycles. The van der Waals surface area contributed by atoms with Crippen LogP contribution in [0.3, 0.4) is 0 Å². The van der Waals surface area contributed by atoms with Gasteiger partial charge in [-0.25, -0.2) is 22.8 Å². The van der Waals surface area contributed by atoms with Crippen LogP contribution < -0.4 is 0 Å². The topological polar surface area (TPSA) is 138 Å². The van der Waals surface area contributed by atoms with Crippen LogP contribution in [0.4, 0.5) is 4.39 Å². The van der Waals surface area contributed by atoms with Gasteiger partial charge in [-0.1, -0.05) is 39.3 Å². The lowest BCUT2D eigenvalue weighted by Crippen LogP contribution is -2.19. The molecular formula is C25H33FN2O6S. The zero-order chi connectivity index (χ0) is 26.3. The molecule has 2 aromatic rings. The smallest absolute Gasteiger partial charge is 0.305 e. The molecular weight excluding hydrogens is 475 g/mol. The van der Waals surface area contributed by atoms with E-state index in [2.05, 4.69) is 9.97 Å². The highest BCUT2D eigenvalue weighted by molar-refractivity contribution is 7.90. The van der Waals surface area contributed by atoms with Crippen LogP contribution in [0, 0.1) is 5.82 Å². The van der Waals surface area contributed by atoms with Gasteiger partial charge in [-0.2, -0.15) is 0 Å². The molecule has 35 heavy (non-hydrogen) atoms. The molecule has 0 aliphatic carbocycles. The van der Waals surface area contributed by atoms with E-state index in [0.717, 1.165) is 6.26 Å². The number of aliphatic carboxylic acids is 1. The van der Waals surface area contributed by atoms with E-state index in [0.29, 0.717) is 35.4 Å². The first kappa shape index (κ1) is 28.5. The molecule has 192 valence electrons. The van der Waals surface area contributed by atoms with E-state index < -0.39 is 45.5 Å². The molecule has 0 aliphatic rings. The van der Waals surface area contributed by atoms with Gasteiger partial charge in [0.15, 0.2) is 9.84 Å². The monoisotopic (exact) mass is 508 g/mol. The number of nitrogens with zero attached hydrogens (tertiary/aromatic N) is 2. The molecule has 0 radical (unpaired) electrons. The second-order valence-electron chi connectivity index (χ2n) is 8.91. The average molecular weight is 509 g/mol. The summed E-state index contributed by atoms with van der Waals surface area (Å²) in [5, 5.41) is 28.1. The second-order valence-corrected chi connectivity index (χ2v) is 11.1. The van der Waals surface area contributed by atoms with Gasteiger partial charge >= 0.3 is 5.97 Å². The van der Waals surface area contributed by atoms with Crippen LogP contribution in [0.15, 0.2) is 30.3 Å². The molecule has 3 unspecified atom stereocenters. The number of aromatic nitrogens is 2. The molecule has 0 saturated heterocycles. The number of carboxylic acids is 1. The fourth-order valence-corrected chi connectivity index (χ4v) is 4.88. The van der Waals surface area contributed by atoms with Crippen LogP contribution >= 0.6 is 0 Å². The number of halogens is 1. The number of carbonyl (C=O) groups is 1. The van der Waals surface area contributed by atoms with Crippen LogP contribution in [0.5, 0.6) is 0 Å². The van der Waals surface area contributed by atoms with Crippen molar-refractivity contribution in [3.8, 4) is 11.3 Å². The Balaban J connectivity index is 2.67. The average Bonchev–Trinajstić information content (AvgIpc) is 2.74. The van der Waals surface area contributed by atoms with Crippen molar-refractivity contribution in [1.29, 1.82) is 0 Å². The summed E-state index contributed by atoms with van der Waals surface area (Å²) in [6, 6.07) is 5.62. The first-order valence-electron chi connectivity index (χ1n) is 11.5. The maximum Gasteiger partial charge on any atom is 0.305 e. The number of hydrogen-bond acceptors (Lipinski definition) is 7. The summed E-state index contributed by atoms with van der Waals surface area (Å²) in [4.78, 5) is 20.0. The standard InChI is InChI=1S/C25H33FN2O6S/c1-5-6-21(35(4,33)34)25-27-23(15(2)3)20(12-11-18(29)13-19(30)14-22(31)32)24(28-25)16-7-9-17(26)10-8-16/h7-12,15,18-19,21,29-30H,5-6,13-14H2,1-4H3,(H,31,32)/b12-11+. The molecule has 3 N–H and O–H groups in total. The molecule has 0 bridgehead atoms. The van der Waals surface area contributed by atoms with Crippen molar-refractivity contribution in [2.45, 2.75) is 69.8 Å². The number of aliphatic hydroxyl groups is 2. The maximum atomic E-state index is 13.6. The lowest BCUT2D eigenvalue weighted by Gasteiger charge is -2.20. The van der Waals surface area contributed by atoms with Gasteiger partial charge in [0.1, 0.15) is 16.9 Å². The molecule has 1 aromatic carbocycles. The Morgan fingerprint density at radius 1 is 1.14 bits per heavy atom. The minimum atomic E-state index is -3.51. The van der Waals surface area contributed by atoms with Crippen molar-refractivity contribution in [3.05, 3.63) is 53.2 Å². The maximum absolute atomic E-state index is 13.6. The summed E-state index contributed by atoms with van der Waals surface area (Å²) in [5.74, 6) is -1.60. The number of hydrogen-bond donors (Lipinski definition) is 3. The molecule has 0 spiro atoms. The first-order valence-corrected chi connectivity index (χ1v) is 13.4. The summed E-state index contributed by atoms with van der Waals surface area (Å²) in [6.07, 6.45) is 2.03. The zero-order valence-electron chi connectivity index (χ0n) is 20.3.